The smallest absolute Gasteiger partial charge is 0.410 e. The van der Waals surface area contributed by atoms with Crippen LogP contribution in [-0.2, 0) is 17.9 Å². The second-order valence-corrected chi connectivity index (χ2v) is 13.3. The number of ether oxygens (including phenoxy) is 1. The minimum atomic E-state index is -0.329. The van der Waals surface area contributed by atoms with Crippen molar-refractivity contribution < 1.29 is 9.53 Å². The van der Waals surface area contributed by atoms with Crippen molar-refractivity contribution in [2.75, 3.05) is 32.7 Å². The fourth-order valence-electron chi connectivity index (χ4n) is 8.02. The average Bonchev–Trinajstić information content (AvgIpc) is 3.63. The third kappa shape index (κ3) is 7.39. The molecule has 45 heavy (non-hydrogen) atoms. The zero-order valence-corrected chi connectivity index (χ0v) is 26.4. The zero-order chi connectivity index (χ0) is 31.0. The van der Waals surface area contributed by atoms with Gasteiger partial charge < -0.3 is 14.5 Å². The van der Waals surface area contributed by atoms with E-state index in [2.05, 4.69) is 14.9 Å². The van der Waals surface area contributed by atoms with Crippen molar-refractivity contribution in [1.82, 2.24) is 18.9 Å². The highest BCUT2D eigenvalue weighted by Gasteiger charge is 2.35. The van der Waals surface area contributed by atoms with Crippen LogP contribution >= 0.6 is 0 Å². The number of likely N-dealkylation sites (tertiary alicyclic amines) is 2. The van der Waals surface area contributed by atoms with E-state index >= 15 is 0 Å². The molecule has 1 amide bonds. The molecule has 3 heterocycles. The molecule has 0 N–H and O–H groups in total. The molecule has 3 atom stereocenters. The van der Waals surface area contributed by atoms with Gasteiger partial charge in [-0.05, 0) is 67.2 Å². The molecular weight excluding hydrogens is 566 g/mol. The van der Waals surface area contributed by atoms with E-state index in [0.29, 0.717) is 19.6 Å². The van der Waals surface area contributed by atoms with Gasteiger partial charge in [0.1, 0.15) is 6.61 Å². The molecule has 2 aliphatic heterocycles. The van der Waals surface area contributed by atoms with Gasteiger partial charge in [-0.3, -0.25) is 9.13 Å². The lowest BCUT2D eigenvalue weighted by Crippen LogP contribution is -2.46. The number of hydrogen-bond donors (Lipinski definition) is 0. The van der Waals surface area contributed by atoms with Crippen molar-refractivity contribution in [3.8, 4) is 0 Å². The largest absolute Gasteiger partial charge is 0.445 e. The number of para-hydroxylation sites is 2. The molecule has 3 aromatic rings. The predicted molar refractivity (Wildman–Crippen MR) is 176 cm³/mol. The number of fused-ring (bicyclic) bond motifs is 1. The SMILES string of the molecule is [N-]=[N+]=NC[C@@H]1CN(CC2CCCCCCC2)CC[C@H]1n1c(=O)n(C[C@@H]2CCCN2C(=O)OCc2ccccc2)c2ccccc21. The van der Waals surface area contributed by atoms with Gasteiger partial charge in [-0.15, -0.1) is 0 Å². The van der Waals surface area contributed by atoms with E-state index in [4.69, 9.17) is 4.74 Å². The molecule has 10 heteroatoms. The molecule has 0 unspecified atom stereocenters. The summed E-state index contributed by atoms with van der Waals surface area (Å²) < 4.78 is 9.50. The van der Waals surface area contributed by atoms with Crippen molar-refractivity contribution in [3.05, 3.63) is 81.1 Å². The first-order valence-corrected chi connectivity index (χ1v) is 17.0. The number of piperidine rings is 1. The van der Waals surface area contributed by atoms with Crippen molar-refractivity contribution in [1.29, 1.82) is 0 Å². The van der Waals surface area contributed by atoms with Gasteiger partial charge in [0.05, 0.1) is 17.1 Å². The molecule has 0 spiro atoms. The van der Waals surface area contributed by atoms with E-state index in [9.17, 15) is 15.1 Å². The summed E-state index contributed by atoms with van der Waals surface area (Å²) in [6.07, 6.45) is 11.5. The van der Waals surface area contributed by atoms with Gasteiger partial charge in [-0.1, -0.05) is 79.7 Å². The Morgan fingerprint density at radius 3 is 2.38 bits per heavy atom. The maximum atomic E-state index is 14.3. The highest BCUT2D eigenvalue weighted by Crippen LogP contribution is 2.33. The average molecular weight is 614 g/mol. The number of carbonyl (C=O) groups is 1. The van der Waals surface area contributed by atoms with Crippen LogP contribution in [0.3, 0.4) is 0 Å². The fourth-order valence-corrected chi connectivity index (χ4v) is 8.02. The number of benzene rings is 2. The lowest BCUT2D eigenvalue weighted by Gasteiger charge is -2.40. The van der Waals surface area contributed by atoms with E-state index < -0.39 is 0 Å². The lowest BCUT2D eigenvalue weighted by atomic mass is 9.88. The Labute approximate surface area is 265 Å². The van der Waals surface area contributed by atoms with Gasteiger partial charge in [0.25, 0.3) is 0 Å². The van der Waals surface area contributed by atoms with Crippen LogP contribution in [0.4, 0.5) is 4.79 Å². The number of azide groups is 1. The topological polar surface area (TPSA) is 108 Å². The molecule has 1 saturated carbocycles. The number of aromatic nitrogens is 2. The summed E-state index contributed by atoms with van der Waals surface area (Å²) in [5.74, 6) is 0.774. The van der Waals surface area contributed by atoms with E-state index in [0.717, 1.165) is 61.4 Å². The second kappa shape index (κ2) is 15.0. The Hall–Kier alpha value is -3.75. The Balaban J connectivity index is 1.21. The van der Waals surface area contributed by atoms with Gasteiger partial charge in [0.15, 0.2) is 0 Å². The quantitative estimate of drug-likeness (QED) is 0.145. The molecule has 2 aromatic carbocycles. The molecular formula is C35H47N7O3. The first kappa shape index (κ1) is 31.2. The third-order valence-corrected chi connectivity index (χ3v) is 10.3. The van der Waals surface area contributed by atoms with Gasteiger partial charge in [-0.25, -0.2) is 9.59 Å². The number of nitrogens with zero attached hydrogens (tertiary/aromatic N) is 7. The van der Waals surface area contributed by atoms with E-state index in [-0.39, 0.29) is 36.4 Å². The molecule has 1 aromatic heterocycles. The molecule has 3 fully saturated rings. The summed E-state index contributed by atoms with van der Waals surface area (Å²) in [5, 5.41) is 4.02. The highest BCUT2D eigenvalue weighted by atomic mass is 16.6. The molecule has 1 aliphatic carbocycles. The van der Waals surface area contributed by atoms with Crippen LogP contribution in [0.1, 0.15) is 75.8 Å². The summed E-state index contributed by atoms with van der Waals surface area (Å²) in [4.78, 5) is 34.9. The Bertz CT molecular complexity index is 1520. The van der Waals surface area contributed by atoms with Crippen molar-refractivity contribution >= 4 is 17.1 Å². The minimum absolute atomic E-state index is 0.0508. The summed E-state index contributed by atoms with van der Waals surface area (Å²) in [7, 11) is 0. The van der Waals surface area contributed by atoms with Gasteiger partial charge in [-0.2, -0.15) is 0 Å². The summed E-state index contributed by atoms with van der Waals surface area (Å²) in [5.41, 5.74) is 11.9. The lowest BCUT2D eigenvalue weighted by molar-refractivity contribution is 0.0891. The van der Waals surface area contributed by atoms with Crippen molar-refractivity contribution in [2.24, 2.45) is 17.0 Å². The molecule has 0 radical (unpaired) electrons. The summed E-state index contributed by atoms with van der Waals surface area (Å²) in [6.45, 7) is 4.51. The van der Waals surface area contributed by atoms with Crippen molar-refractivity contribution in [2.45, 2.75) is 89.4 Å². The first-order valence-electron chi connectivity index (χ1n) is 17.0. The van der Waals surface area contributed by atoms with Crippen LogP contribution in [0.5, 0.6) is 0 Å². The maximum Gasteiger partial charge on any atom is 0.410 e. The highest BCUT2D eigenvalue weighted by molar-refractivity contribution is 5.76. The Morgan fingerprint density at radius 2 is 1.60 bits per heavy atom. The van der Waals surface area contributed by atoms with Crippen LogP contribution < -0.4 is 5.69 Å². The van der Waals surface area contributed by atoms with E-state index in [1.165, 1.54) is 44.9 Å². The number of amides is 1. The Morgan fingerprint density at radius 1 is 0.867 bits per heavy atom. The fraction of sp³-hybridized carbons (Fsp3) is 0.600. The van der Waals surface area contributed by atoms with E-state index in [1.54, 1.807) is 4.90 Å². The minimum Gasteiger partial charge on any atom is -0.445 e. The number of hydrogen-bond acceptors (Lipinski definition) is 5. The van der Waals surface area contributed by atoms with Crippen LogP contribution in [0, 0.1) is 11.8 Å². The van der Waals surface area contributed by atoms with Crippen molar-refractivity contribution in [3.63, 3.8) is 0 Å². The summed E-state index contributed by atoms with van der Waals surface area (Å²) >= 11 is 0. The van der Waals surface area contributed by atoms with Gasteiger partial charge in [0.2, 0.25) is 0 Å². The second-order valence-electron chi connectivity index (χ2n) is 13.3. The normalized spacial score (nSPS) is 23.4. The first-order chi connectivity index (χ1) is 22.1. The third-order valence-electron chi connectivity index (χ3n) is 10.3. The maximum absolute atomic E-state index is 14.3. The standard InChI is InChI=1S/C35H47N7O3/c36-38-37-22-29-24-39(23-27-12-5-2-1-3-6-13-27)21-19-31(29)42-33-18-10-9-17-32(33)41(34(42)43)25-30-16-11-20-40(30)35(44)45-26-28-14-7-4-8-15-28/h4,7-10,14-15,17-18,27,29-31H,1-3,5-6,11-13,16,19-26H2/t29-,30+,31-/m1/s1. The van der Waals surface area contributed by atoms with Crippen LogP contribution in [-0.4, -0.2) is 63.8 Å². The van der Waals surface area contributed by atoms with Crippen LogP contribution in [0.15, 0.2) is 64.5 Å². The molecule has 240 valence electrons. The monoisotopic (exact) mass is 613 g/mol. The number of carbonyl (C=O) groups excluding carboxylic acids is 1. The zero-order valence-electron chi connectivity index (χ0n) is 26.4. The van der Waals surface area contributed by atoms with Crippen LogP contribution in [0.25, 0.3) is 21.5 Å². The molecule has 10 nitrogen and oxygen atoms in total. The van der Waals surface area contributed by atoms with Gasteiger partial charge in [0, 0.05) is 50.2 Å². The number of rotatable bonds is 9. The predicted octanol–water partition coefficient (Wildman–Crippen LogP) is 7.14. The molecule has 6 rings (SSSR count). The molecule has 2 saturated heterocycles. The van der Waals surface area contributed by atoms with Gasteiger partial charge >= 0.3 is 11.8 Å². The summed E-state index contributed by atoms with van der Waals surface area (Å²) in [6, 6.07) is 17.5. The molecule has 3 aliphatic rings. The molecule has 0 bridgehead atoms. The van der Waals surface area contributed by atoms with Crippen LogP contribution in [0.2, 0.25) is 0 Å². The Kier molecular flexibility index (Phi) is 10.4. The number of imidazole rings is 1. The van der Waals surface area contributed by atoms with E-state index in [1.807, 2.05) is 63.7 Å².